The van der Waals surface area contributed by atoms with Gasteiger partial charge in [0.1, 0.15) is 0 Å². The van der Waals surface area contributed by atoms with E-state index in [0.29, 0.717) is 0 Å². The Morgan fingerprint density at radius 3 is 2.35 bits per heavy atom. The maximum absolute atomic E-state index is 12.2. The molecule has 2 saturated heterocycles. The monoisotopic (exact) mass is 281 g/mol. The van der Waals surface area contributed by atoms with Gasteiger partial charge in [-0.2, -0.15) is 0 Å². The van der Waals surface area contributed by atoms with Crippen molar-refractivity contribution in [1.82, 2.24) is 15.5 Å². The third-order valence-electron chi connectivity index (χ3n) is 4.51. The van der Waals surface area contributed by atoms with Crippen LogP contribution in [0.5, 0.6) is 0 Å². The Hall–Kier alpha value is -1.10. The molecule has 2 fully saturated rings. The highest BCUT2D eigenvalue weighted by atomic mass is 16.2. The van der Waals surface area contributed by atoms with Crippen molar-refractivity contribution in [3.63, 3.8) is 0 Å². The van der Waals surface area contributed by atoms with E-state index in [1.165, 1.54) is 0 Å². The van der Waals surface area contributed by atoms with Crippen molar-refractivity contribution in [2.45, 2.75) is 52.1 Å². The summed E-state index contributed by atoms with van der Waals surface area (Å²) in [6.45, 7) is 8.40. The molecule has 0 spiro atoms. The molecule has 2 aliphatic heterocycles. The molecule has 2 atom stereocenters. The lowest BCUT2D eigenvalue weighted by Gasteiger charge is -2.34. The van der Waals surface area contributed by atoms with Crippen LogP contribution in [0.2, 0.25) is 0 Å². The number of carbonyl (C=O) groups excluding carboxylic acids is 2. The first kappa shape index (κ1) is 15.3. The van der Waals surface area contributed by atoms with Crippen LogP contribution in [0.3, 0.4) is 0 Å². The molecule has 2 N–H and O–H groups in total. The highest BCUT2D eigenvalue weighted by Gasteiger charge is 2.32. The molecule has 0 aromatic carbocycles. The SMILES string of the molecule is CC(C)C(=O)N1CCC(NC(=O)C2CCNC2C)CC1. The van der Waals surface area contributed by atoms with E-state index in [9.17, 15) is 9.59 Å². The zero-order valence-electron chi connectivity index (χ0n) is 12.8. The summed E-state index contributed by atoms with van der Waals surface area (Å²) in [5.41, 5.74) is 0. The Morgan fingerprint density at radius 1 is 1.20 bits per heavy atom. The average Bonchev–Trinajstić information content (AvgIpc) is 2.85. The number of carbonyl (C=O) groups is 2. The Morgan fingerprint density at radius 2 is 1.85 bits per heavy atom. The number of nitrogens with one attached hydrogen (secondary N) is 2. The lowest BCUT2D eigenvalue weighted by Crippen LogP contribution is -2.49. The van der Waals surface area contributed by atoms with Crippen LogP contribution in [0, 0.1) is 11.8 Å². The van der Waals surface area contributed by atoms with E-state index >= 15 is 0 Å². The second-order valence-electron chi connectivity index (χ2n) is 6.40. The zero-order valence-corrected chi connectivity index (χ0v) is 12.8. The van der Waals surface area contributed by atoms with Gasteiger partial charge in [-0.3, -0.25) is 9.59 Å². The normalized spacial score (nSPS) is 27.9. The molecule has 5 heteroatoms. The zero-order chi connectivity index (χ0) is 14.7. The predicted octanol–water partition coefficient (Wildman–Crippen LogP) is 0.748. The number of piperidine rings is 1. The summed E-state index contributed by atoms with van der Waals surface area (Å²) in [4.78, 5) is 26.0. The van der Waals surface area contributed by atoms with Crippen molar-refractivity contribution >= 4 is 11.8 Å². The van der Waals surface area contributed by atoms with Crippen molar-refractivity contribution in [2.24, 2.45) is 11.8 Å². The van der Waals surface area contributed by atoms with Gasteiger partial charge in [0, 0.05) is 31.1 Å². The smallest absolute Gasteiger partial charge is 0.225 e. The number of hydrogen-bond donors (Lipinski definition) is 2. The van der Waals surface area contributed by atoms with E-state index in [1.54, 1.807) is 0 Å². The summed E-state index contributed by atoms with van der Waals surface area (Å²) in [5, 5.41) is 6.47. The maximum Gasteiger partial charge on any atom is 0.225 e. The molecule has 2 unspecified atom stereocenters. The molecule has 2 aliphatic rings. The van der Waals surface area contributed by atoms with Gasteiger partial charge in [-0.25, -0.2) is 0 Å². The lowest BCUT2D eigenvalue weighted by atomic mass is 9.98. The molecule has 0 aromatic rings. The third kappa shape index (κ3) is 3.51. The Bertz CT molecular complexity index is 362. The standard InChI is InChI=1S/C15H27N3O2/c1-10(2)15(20)18-8-5-12(6-9-18)17-14(19)13-4-7-16-11(13)3/h10-13,16H,4-9H2,1-3H3,(H,17,19). The maximum atomic E-state index is 12.2. The Kier molecular flexibility index (Phi) is 5.02. The molecule has 2 rings (SSSR count). The molecular formula is C15H27N3O2. The van der Waals surface area contributed by atoms with Gasteiger partial charge in [0.05, 0.1) is 5.92 Å². The summed E-state index contributed by atoms with van der Waals surface area (Å²) in [6, 6.07) is 0.504. The first-order chi connectivity index (χ1) is 9.49. The molecule has 0 saturated carbocycles. The van der Waals surface area contributed by atoms with E-state index in [1.807, 2.05) is 18.7 Å². The Balaban J connectivity index is 1.77. The molecule has 5 nitrogen and oxygen atoms in total. The van der Waals surface area contributed by atoms with Crippen molar-refractivity contribution in [1.29, 1.82) is 0 Å². The Labute approximate surface area is 121 Å². The summed E-state index contributed by atoms with van der Waals surface area (Å²) in [6.07, 6.45) is 2.68. The van der Waals surface area contributed by atoms with Crippen LogP contribution in [0.4, 0.5) is 0 Å². The van der Waals surface area contributed by atoms with Crippen LogP contribution in [0.15, 0.2) is 0 Å². The minimum Gasteiger partial charge on any atom is -0.353 e. The van der Waals surface area contributed by atoms with Crippen LogP contribution >= 0.6 is 0 Å². The number of likely N-dealkylation sites (tertiary alicyclic amines) is 1. The fourth-order valence-electron chi connectivity index (χ4n) is 3.13. The molecule has 0 aromatic heterocycles. The largest absolute Gasteiger partial charge is 0.353 e. The van der Waals surface area contributed by atoms with Gasteiger partial charge in [-0.05, 0) is 32.7 Å². The van der Waals surface area contributed by atoms with E-state index in [-0.39, 0.29) is 35.7 Å². The van der Waals surface area contributed by atoms with Gasteiger partial charge in [-0.1, -0.05) is 13.8 Å². The van der Waals surface area contributed by atoms with Crippen LogP contribution in [0.25, 0.3) is 0 Å². The fourth-order valence-corrected chi connectivity index (χ4v) is 3.13. The number of amides is 2. The second-order valence-corrected chi connectivity index (χ2v) is 6.40. The minimum absolute atomic E-state index is 0.0616. The van der Waals surface area contributed by atoms with Gasteiger partial charge in [-0.15, -0.1) is 0 Å². The predicted molar refractivity (Wildman–Crippen MR) is 78.2 cm³/mol. The molecular weight excluding hydrogens is 254 g/mol. The molecule has 0 aliphatic carbocycles. The van der Waals surface area contributed by atoms with Crippen molar-refractivity contribution in [2.75, 3.05) is 19.6 Å². The van der Waals surface area contributed by atoms with Crippen LogP contribution in [0.1, 0.15) is 40.0 Å². The molecule has 114 valence electrons. The van der Waals surface area contributed by atoms with Crippen LogP contribution < -0.4 is 10.6 Å². The van der Waals surface area contributed by atoms with Gasteiger partial charge >= 0.3 is 0 Å². The first-order valence-electron chi connectivity index (χ1n) is 7.81. The first-order valence-corrected chi connectivity index (χ1v) is 7.81. The summed E-state index contributed by atoms with van der Waals surface area (Å²) < 4.78 is 0. The van der Waals surface area contributed by atoms with Gasteiger partial charge < -0.3 is 15.5 Å². The highest BCUT2D eigenvalue weighted by Crippen LogP contribution is 2.18. The topological polar surface area (TPSA) is 61.4 Å². The molecule has 0 radical (unpaired) electrons. The number of nitrogens with zero attached hydrogens (tertiary/aromatic N) is 1. The van der Waals surface area contributed by atoms with Gasteiger partial charge in [0.15, 0.2) is 0 Å². The molecule has 20 heavy (non-hydrogen) atoms. The van der Waals surface area contributed by atoms with Gasteiger partial charge in [0.2, 0.25) is 11.8 Å². The number of hydrogen-bond acceptors (Lipinski definition) is 3. The third-order valence-corrected chi connectivity index (χ3v) is 4.51. The van der Waals surface area contributed by atoms with E-state index in [2.05, 4.69) is 17.6 Å². The van der Waals surface area contributed by atoms with Crippen molar-refractivity contribution in [3.05, 3.63) is 0 Å². The van der Waals surface area contributed by atoms with E-state index in [0.717, 1.165) is 38.9 Å². The molecule has 0 bridgehead atoms. The minimum atomic E-state index is 0.0616. The fraction of sp³-hybridized carbons (Fsp3) is 0.867. The number of rotatable bonds is 3. The summed E-state index contributed by atoms with van der Waals surface area (Å²) >= 11 is 0. The van der Waals surface area contributed by atoms with Crippen molar-refractivity contribution in [3.8, 4) is 0 Å². The van der Waals surface area contributed by atoms with Crippen LogP contribution in [-0.2, 0) is 9.59 Å². The lowest BCUT2D eigenvalue weighted by molar-refractivity contribution is -0.135. The van der Waals surface area contributed by atoms with Gasteiger partial charge in [0.25, 0.3) is 0 Å². The molecule has 2 heterocycles. The summed E-state index contributed by atoms with van der Waals surface area (Å²) in [7, 11) is 0. The second kappa shape index (κ2) is 6.57. The average molecular weight is 281 g/mol. The van der Waals surface area contributed by atoms with E-state index in [4.69, 9.17) is 0 Å². The van der Waals surface area contributed by atoms with Crippen LogP contribution in [-0.4, -0.2) is 48.4 Å². The molecule has 2 amide bonds. The quantitative estimate of drug-likeness (QED) is 0.802. The summed E-state index contributed by atoms with van der Waals surface area (Å²) in [5.74, 6) is 0.566. The van der Waals surface area contributed by atoms with E-state index < -0.39 is 0 Å². The van der Waals surface area contributed by atoms with Crippen molar-refractivity contribution < 1.29 is 9.59 Å². The highest BCUT2D eigenvalue weighted by molar-refractivity contribution is 5.80.